The molecule has 0 saturated heterocycles. The van der Waals surface area contributed by atoms with Crippen molar-refractivity contribution in [3.05, 3.63) is 63.6 Å². The van der Waals surface area contributed by atoms with Crippen LogP contribution in [0, 0.1) is 0 Å². The SMILES string of the molecule is COc1cccc(/C(=C/c2ccc(Cl)cc2Cl)C(=O)O)c1. The molecule has 0 amide bonds. The lowest BCUT2D eigenvalue weighted by atomic mass is 10.0. The Morgan fingerprint density at radius 1 is 1.19 bits per heavy atom. The molecular formula is C16H12Cl2O3. The molecular weight excluding hydrogens is 311 g/mol. The van der Waals surface area contributed by atoms with Gasteiger partial charge in [0, 0.05) is 10.0 Å². The zero-order valence-corrected chi connectivity index (χ0v) is 12.7. The Bertz CT molecular complexity index is 708. The number of rotatable bonds is 4. The quantitative estimate of drug-likeness (QED) is 0.659. The highest BCUT2D eigenvalue weighted by molar-refractivity contribution is 6.36. The van der Waals surface area contributed by atoms with Crippen LogP contribution in [0.5, 0.6) is 5.75 Å². The average molecular weight is 323 g/mol. The Kier molecular flexibility index (Phi) is 4.89. The number of benzene rings is 2. The van der Waals surface area contributed by atoms with Crippen LogP contribution >= 0.6 is 23.2 Å². The summed E-state index contributed by atoms with van der Waals surface area (Å²) < 4.78 is 5.11. The van der Waals surface area contributed by atoms with E-state index in [0.29, 0.717) is 26.9 Å². The Morgan fingerprint density at radius 3 is 2.57 bits per heavy atom. The van der Waals surface area contributed by atoms with Crippen molar-refractivity contribution in [2.45, 2.75) is 0 Å². The maximum atomic E-state index is 11.5. The van der Waals surface area contributed by atoms with E-state index < -0.39 is 5.97 Å². The lowest BCUT2D eigenvalue weighted by molar-refractivity contribution is -0.130. The van der Waals surface area contributed by atoms with E-state index >= 15 is 0 Å². The summed E-state index contributed by atoms with van der Waals surface area (Å²) in [4.78, 5) is 11.5. The van der Waals surface area contributed by atoms with Gasteiger partial charge in [0.25, 0.3) is 0 Å². The molecule has 0 unspecified atom stereocenters. The Morgan fingerprint density at radius 2 is 1.95 bits per heavy atom. The zero-order chi connectivity index (χ0) is 15.4. The van der Waals surface area contributed by atoms with Gasteiger partial charge in [-0.25, -0.2) is 4.79 Å². The number of hydrogen-bond donors (Lipinski definition) is 1. The first-order valence-corrected chi connectivity index (χ1v) is 6.81. The molecule has 0 fully saturated rings. The van der Waals surface area contributed by atoms with Crippen LogP contribution < -0.4 is 4.74 Å². The second-order valence-corrected chi connectivity index (χ2v) is 5.10. The van der Waals surface area contributed by atoms with E-state index in [2.05, 4.69) is 0 Å². The van der Waals surface area contributed by atoms with E-state index in [4.69, 9.17) is 27.9 Å². The number of methoxy groups -OCH3 is 1. The summed E-state index contributed by atoms with van der Waals surface area (Å²) in [7, 11) is 1.53. The maximum Gasteiger partial charge on any atom is 0.336 e. The lowest BCUT2D eigenvalue weighted by Crippen LogP contribution is -2.00. The predicted molar refractivity (Wildman–Crippen MR) is 85.0 cm³/mol. The Hall–Kier alpha value is -1.97. The number of hydrogen-bond acceptors (Lipinski definition) is 2. The minimum absolute atomic E-state index is 0.123. The summed E-state index contributed by atoms with van der Waals surface area (Å²) in [5.74, 6) is -0.462. The fourth-order valence-electron chi connectivity index (χ4n) is 1.83. The molecule has 0 saturated carbocycles. The van der Waals surface area contributed by atoms with Crippen molar-refractivity contribution < 1.29 is 14.6 Å². The van der Waals surface area contributed by atoms with Crippen molar-refractivity contribution in [1.29, 1.82) is 0 Å². The van der Waals surface area contributed by atoms with Gasteiger partial charge in [-0.2, -0.15) is 0 Å². The molecule has 2 aromatic carbocycles. The highest BCUT2D eigenvalue weighted by Crippen LogP contribution is 2.27. The van der Waals surface area contributed by atoms with E-state index in [1.807, 2.05) is 0 Å². The topological polar surface area (TPSA) is 46.5 Å². The van der Waals surface area contributed by atoms with E-state index in [9.17, 15) is 9.90 Å². The van der Waals surface area contributed by atoms with Crippen LogP contribution in [0.4, 0.5) is 0 Å². The molecule has 0 bridgehead atoms. The Balaban J connectivity index is 2.52. The minimum Gasteiger partial charge on any atom is -0.497 e. The largest absolute Gasteiger partial charge is 0.497 e. The number of carboxylic acids is 1. The van der Waals surface area contributed by atoms with Crippen molar-refractivity contribution in [2.24, 2.45) is 0 Å². The average Bonchev–Trinajstić information content (AvgIpc) is 2.46. The van der Waals surface area contributed by atoms with Gasteiger partial charge in [-0.3, -0.25) is 0 Å². The van der Waals surface area contributed by atoms with E-state index in [1.54, 1.807) is 42.5 Å². The van der Waals surface area contributed by atoms with Crippen LogP contribution in [-0.4, -0.2) is 18.2 Å². The molecule has 0 aromatic heterocycles. The van der Waals surface area contributed by atoms with Crippen LogP contribution in [0.25, 0.3) is 11.6 Å². The molecule has 0 aliphatic heterocycles. The number of aliphatic carboxylic acids is 1. The molecule has 0 spiro atoms. The molecule has 1 N–H and O–H groups in total. The van der Waals surface area contributed by atoms with Gasteiger partial charge < -0.3 is 9.84 Å². The van der Waals surface area contributed by atoms with Crippen LogP contribution in [0.2, 0.25) is 10.0 Å². The van der Waals surface area contributed by atoms with Gasteiger partial charge in [-0.05, 0) is 41.5 Å². The zero-order valence-electron chi connectivity index (χ0n) is 11.1. The van der Waals surface area contributed by atoms with Crippen molar-refractivity contribution in [3.63, 3.8) is 0 Å². The molecule has 2 rings (SSSR count). The van der Waals surface area contributed by atoms with Gasteiger partial charge in [0.2, 0.25) is 0 Å². The van der Waals surface area contributed by atoms with Crippen molar-refractivity contribution in [2.75, 3.05) is 7.11 Å². The van der Waals surface area contributed by atoms with Crippen molar-refractivity contribution in [1.82, 2.24) is 0 Å². The minimum atomic E-state index is -1.05. The van der Waals surface area contributed by atoms with Crippen LogP contribution in [0.3, 0.4) is 0 Å². The highest BCUT2D eigenvalue weighted by Gasteiger charge is 2.12. The van der Waals surface area contributed by atoms with Crippen LogP contribution in [0.1, 0.15) is 11.1 Å². The molecule has 0 atom stereocenters. The van der Waals surface area contributed by atoms with Gasteiger partial charge in [0.1, 0.15) is 5.75 Å². The molecule has 21 heavy (non-hydrogen) atoms. The first-order chi connectivity index (χ1) is 10.0. The third-order valence-corrected chi connectivity index (χ3v) is 3.44. The van der Waals surface area contributed by atoms with Gasteiger partial charge >= 0.3 is 5.97 Å². The van der Waals surface area contributed by atoms with Crippen molar-refractivity contribution in [3.8, 4) is 5.75 Å². The molecule has 2 aromatic rings. The molecule has 5 heteroatoms. The second kappa shape index (κ2) is 6.66. The second-order valence-electron chi connectivity index (χ2n) is 4.26. The monoisotopic (exact) mass is 322 g/mol. The van der Waals surface area contributed by atoms with Crippen molar-refractivity contribution >= 4 is 40.8 Å². The normalized spacial score (nSPS) is 11.3. The number of ether oxygens (including phenoxy) is 1. The highest BCUT2D eigenvalue weighted by atomic mass is 35.5. The molecule has 0 aliphatic rings. The summed E-state index contributed by atoms with van der Waals surface area (Å²) in [5.41, 5.74) is 1.24. The molecule has 108 valence electrons. The third-order valence-electron chi connectivity index (χ3n) is 2.87. The van der Waals surface area contributed by atoms with E-state index in [0.717, 1.165) is 0 Å². The summed E-state index contributed by atoms with van der Waals surface area (Å²) in [6.45, 7) is 0. The van der Waals surface area contributed by atoms with Gasteiger partial charge in [-0.15, -0.1) is 0 Å². The number of halogens is 2. The summed E-state index contributed by atoms with van der Waals surface area (Å²) in [6, 6.07) is 11.7. The molecule has 0 radical (unpaired) electrons. The maximum absolute atomic E-state index is 11.5. The van der Waals surface area contributed by atoms with E-state index in [-0.39, 0.29) is 5.57 Å². The molecule has 3 nitrogen and oxygen atoms in total. The lowest BCUT2D eigenvalue weighted by Gasteiger charge is -2.07. The van der Waals surface area contributed by atoms with Gasteiger partial charge in [0.05, 0.1) is 12.7 Å². The Labute approximate surface area is 132 Å². The van der Waals surface area contributed by atoms with E-state index in [1.165, 1.54) is 13.2 Å². The number of carbonyl (C=O) groups is 1. The first kappa shape index (κ1) is 15.4. The standard InChI is InChI=1S/C16H12Cl2O3/c1-21-13-4-2-3-10(7-13)14(16(19)20)8-11-5-6-12(17)9-15(11)18/h2-9H,1H3,(H,19,20)/b14-8-. The summed E-state index contributed by atoms with van der Waals surface area (Å²) in [5, 5.41) is 10.3. The summed E-state index contributed by atoms with van der Waals surface area (Å²) in [6.07, 6.45) is 1.51. The third kappa shape index (κ3) is 3.78. The first-order valence-electron chi connectivity index (χ1n) is 6.05. The fraction of sp³-hybridized carbons (Fsp3) is 0.0625. The van der Waals surface area contributed by atoms with Crippen LogP contribution in [0.15, 0.2) is 42.5 Å². The van der Waals surface area contributed by atoms with Gasteiger partial charge in [-0.1, -0.05) is 41.4 Å². The van der Waals surface area contributed by atoms with Crippen LogP contribution in [-0.2, 0) is 4.79 Å². The number of carboxylic acid groups (broad SMARTS) is 1. The van der Waals surface area contributed by atoms with Gasteiger partial charge in [0.15, 0.2) is 0 Å². The summed E-state index contributed by atoms with van der Waals surface area (Å²) >= 11 is 11.9. The smallest absolute Gasteiger partial charge is 0.336 e. The molecule has 0 aliphatic carbocycles. The predicted octanol–water partition coefficient (Wildman–Crippen LogP) is 4.63. The molecule has 0 heterocycles. The fourth-order valence-corrected chi connectivity index (χ4v) is 2.30.